The lowest BCUT2D eigenvalue weighted by atomic mass is 9.70. The molecule has 0 aromatic carbocycles. The van der Waals surface area contributed by atoms with Gasteiger partial charge in [-0.3, -0.25) is 9.88 Å². The fourth-order valence-corrected chi connectivity index (χ4v) is 3.82. The van der Waals surface area contributed by atoms with Crippen LogP contribution < -0.4 is 5.32 Å². The van der Waals surface area contributed by atoms with E-state index in [0.29, 0.717) is 17.5 Å². The maximum absolute atomic E-state index is 4.13. The molecule has 3 heteroatoms. The zero-order valence-electron chi connectivity index (χ0n) is 14.1. The maximum Gasteiger partial charge on any atom is 0.0274 e. The summed E-state index contributed by atoms with van der Waals surface area (Å²) in [7, 11) is 0. The summed E-state index contributed by atoms with van der Waals surface area (Å²) < 4.78 is 0. The Balaban J connectivity index is 2.14. The van der Waals surface area contributed by atoms with Crippen molar-refractivity contribution in [2.75, 3.05) is 13.1 Å². The van der Waals surface area contributed by atoms with Crippen LogP contribution in [0, 0.1) is 5.41 Å². The van der Waals surface area contributed by atoms with Crippen molar-refractivity contribution >= 4 is 0 Å². The van der Waals surface area contributed by atoms with Gasteiger partial charge in [0.2, 0.25) is 0 Å². The van der Waals surface area contributed by atoms with Gasteiger partial charge in [-0.2, -0.15) is 0 Å². The van der Waals surface area contributed by atoms with Crippen molar-refractivity contribution in [3.05, 3.63) is 30.1 Å². The first-order valence-corrected chi connectivity index (χ1v) is 8.44. The summed E-state index contributed by atoms with van der Waals surface area (Å²) in [6, 6.07) is 5.49. The Hall–Kier alpha value is -0.930. The molecule has 1 aromatic heterocycles. The smallest absolute Gasteiger partial charge is 0.0274 e. The second kappa shape index (κ2) is 7.37. The molecule has 1 fully saturated rings. The average Bonchev–Trinajstić information content (AvgIpc) is 2.48. The molecular weight excluding hydrogens is 258 g/mol. The molecule has 0 aliphatic heterocycles. The minimum absolute atomic E-state index is 0.380. The molecule has 0 spiro atoms. The Morgan fingerprint density at radius 1 is 1.29 bits per heavy atom. The molecule has 1 heterocycles. The SMILES string of the molecule is CCNC1C(N(CC)Cc2ccncc2)CCCC1(C)C. The molecule has 1 saturated carbocycles. The highest BCUT2D eigenvalue weighted by Gasteiger charge is 2.40. The molecule has 1 aromatic rings. The monoisotopic (exact) mass is 289 g/mol. The van der Waals surface area contributed by atoms with Gasteiger partial charge in [0.15, 0.2) is 0 Å². The first-order chi connectivity index (χ1) is 10.1. The Bertz CT molecular complexity index is 416. The third-order valence-corrected chi connectivity index (χ3v) is 4.98. The second-order valence-corrected chi connectivity index (χ2v) is 6.90. The number of hydrogen-bond acceptors (Lipinski definition) is 3. The molecule has 2 rings (SSSR count). The summed E-state index contributed by atoms with van der Waals surface area (Å²) in [6.45, 7) is 12.5. The van der Waals surface area contributed by atoms with Gasteiger partial charge in [-0.15, -0.1) is 0 Å². The van der Waals surface area contributed by atoms with E-state index in [1.807, 2.05) is 12.4 Å². The summed E-state index contributed by atoms with van der Waals surface area (Å²) in [4.78, 5) is 6.77. The first kappa shape index (κ1) is 16.4. The van der Waals surface area contributed by atoms with E-state index < -0.39 is 0 Å². The van der Waals surface area contributed by atoms with Gasteiger partial charge >= 0.3 is 0 Å². The zero-order chi connectivity index (χ0) is 15.3. The fraction of sp³-hybridized carbons (Fsp3) is 0.722. The number of pyridine rings is 1. The van der Waals surface area contributed by atoms with Gasteiger partial charge < -0.3 is 5.32 Å². The minimum atomic E-state index is 0.380. The summed E-state index contributed by atoms with van der Waals surface area (Å²) in [6.07, 6.45) is 7.77. The summed E-state index contributed by atoms with van der Waals surface area (Å²) >= 11 is 0. The van der Waals surface area contributed by atoms with Crippen LogP contribution in [0.4, 0.5) is 0 Å². The highest BCUT2D eigenvalue weighted by molar-refractivity contribution is 5.10. The number of nitrogens with zero attached hydrogens (tertiary/aromatic N) is 2. The Labute approximate surface area is 130 Å². The summed E-state index contributed by atoms with van der Waals surface area (Å²) in [5.41, 5.74) is 1.75. The lowest BCUT2D eigenvalue weighted by Crippen LogP contribution is -2.58. The molecule has 3 nitrogen and oxygen atoms in total. The summed E-state index contributed by atoms with van der Waals surface area (Å²) in [5.74, 6) is 0. The third kappa shape index (κ3) is 4.04. The standard InChI is InChI=1S/C18H31N3/c1-5-20-17-16(8-7-11-18(17,3)4)21(6-2)14-15-9-12-19-13-10-15/h9-10,12-13,16-17,20H,5-8,11,14H2,1-4H3. The molecule has 1 N–H and O–H groups in total. The predicted molar refractivity (Wildman–Crippen MR) is 89.2 cm³/mol. The fourth-order valence-electron chi connectivity index (χ4n) is 3.82. The molecular formula is C18H31N3. The van der Waals surface area contributed by atoms with Crippen LogP contribution in [0.5, 0.6) is 0 Å². The second-order valence-electron chi connectivity index (χ2n) is 6.90. The van der Waals surface area contributed by atoms with Crippen molar-refractivity contribution in [1.29, 1.82) is 0 Å². The normalized spacial score (nSPS) is 25.2. The van der Waals surface area contributed by atoms with E-state index in [1.165, 1.54) is 24.8 Å². The highest BCUT2D eigenvalue weighted by Crippen LogP contribution is 2.38. The van der Waals surface area contributed by atoms with Gasteiger partial charge in [-0.25, -0.2) is 0 Å². The largest absolute Gasteiger partial charge is 0.312 e. The molecule has 1 aliphatic rings. The molecule has 2 unspecified atom stereocenters. The molecule has 0 radical (unpaired) electrons. The number of nitrogens with one attached hydrogen (secondary N) is 1. The minimum Gasteiger partial charge on any atom is -0.312 e. The van der Waals surface area contributed by atoms with Crippen molar-refractivity contribution < 1.29 is 0 Å². The predicted octanol–water partition coefficient (Wildman–Crippen LogP) is 3.46. The number of aromatic nitrogens is 1. The molecule has 1 aliphatic carbocycles. The number of hydrogen-bond donors (Lipinski definition) is 1. The van der Waals surface area contributed by atoms with Crippen molar-refractivity contribution in [2.24, 2.45) is 5.41 Å². The number of rotatable bonds is 6. The van der Waals surface area contributed by atoms with E-state index in [1.54, 1.807) is 0 Å². The lowest BCUT2D eigenvalue weighted by molar-refractivity contribution is 0.0474. The van der Waals surface area contributed by atoms with Crippen LogP contribution in [0.2, 0.25) is 0 Å². The lowest BCUT2D eigenvalue weighted by Gasteiger charge is -2.48. The Kier molecular flexibility index (Phi) is 5.77. The molecule has 21 heavy (non-hydrogen) atoms. The van der Waals surface area contributed by atoms with E-state index in [9.17, 15) is 0 Å². The molecule has 0 saturated heterocycles. The van der Waals surface area contributed by atoms with Crippen molar-refractivity contribution in [1.82, 2.24) is 15.2 Å². The van der Waals surface area contributed by atoms with Crippen molar-refractivity contribution in [3.8, 4) is 0 Å². The average molecular weight is 289 g/mol. The topological polar surface area (TPSA) is 28.2 Å². The quantitative estimate of drug-likeness (QED) is 0.869. The summed E-state index contributed by atoms with van der Waals surface area (Å²) in [5, 5.41) is 3.77. The Morgan fingerprint density at radius 3 is 2.62 bits per heavy atom. The van der Waals surface area contributed by atoms with E-state index in [4.69, 9.17) is 0 Å². The zero-order valence-corrected chi connectivity index (χ0v) is 14.1. The van der Waals surface area contributed by atoms with Gasteiger partial charge in [0.05, 0.1) is 0 Å². The van der Waals surface area contributed by atoms with Crippen molar-refractivity contribution in [2.45, 2.75) is 65.6 Å². The van der Waals surface area contributed by atoms with Gasteiger partial charge in [-0.1, -0.05) is 34.1 Å². The van der Waals surface area contributed by atoms with Crippen LogP contribution in [0.25, 0.3) is 0 Å². The molecule has 0 amide bonds. The molecule has 0 bridgehead atoms. The van der Waals surface area contributed by atoms with Crippen LogP contribution in [0.15, 0.2) is 24.5 Å². The van der Waals surface area contributed by atoms with E-state index in [-0.39, 0.29) is 0 Å². The van der Waals surface area contributed by atoms with Crippen LogP contribution in [0.1, 0.15) is 52.5 Å². The van der Waals surface area contributed by atoms with Crippen molar-refractivity contribution in [3.63, 3.8) is 0 Å². The van der Waals surface area contributed by atoms with E-state index in [2.05, 4.69) is 55.0 Å². The van der Waals surface area contributed by atoms with Gasteiger partial charge in [0, 0.05) is 31.0 Å². The number of likely N-dealkylation sites (N-methyl/N-ethyl adjacent to an activating group) is 2. The molecule has 118 valence electrons. The first-order valence-electron chi connectivity index (χ1n) is 8.44. The van der Waals surface area contributed by atoms with Crippen LogP contribution >= 0.6 is 0 Å². The highest BCUT2D eigenvalue weighted by atomic mass is 15.2. The van der Waals surface area contributed by atoms with Gasteiger partial charge in [-0.05, 0) is 49.0 Å². The van der Waals surface area contributed by atoms with Crippen LogP contribution in [-0.4, -0.2) is 35.1 Å². The van der Waals surface area contributed by atoms with E-state index >= 15 is 0 Å². The van der Waals surface area contributed by atoms with Gasteiger partial charge in [0.25, 0.3) is 0 Å². The van der Waals surface area contributed by atoms with Gasteiger partial charge in [0.1, 0.15) is 0 Å². The van der Waals surface area contributed by atoms with Crippen LogP contribution in [-0.2, 0) is 6.54 Å². The van der Waals surface area contributed by atoms with E-state index in [0.717, 1.165) is 19.6 Å². The molecule has 2 atom stereocenters. The Morgan fingerprint density at radius 2 is 2.00 bits per heavy atom. The third-order valence-electron chi connectivity index (χ3n) is 4.98. The van der Waals surface area contributed by atoms with Crippen LogP contribution in [0.3, 0.4) is 0 Å². The maximum atomic E-state index is 4.13.